The number of alkyl halides is 1. The van der Waals surface area contributed by atoms with Crippen LogP contribution in [0.5, 0.6) is 0 Å². The molecule has 0 aliphatic heterocycles. The summed E-state index contributed by atoms with van der Waals surface area (Å²) in [5.74, 6) is -1.02. The van der Waals surface area contributed by atoms with Crippen LogP contribution in [0.15, 0.2) is 48.5 Å². The zero-order valence-corrected chi connectivity index (χ0v) is 11.8. The van der Waals surface area contributed by atoms with E-state index in [2.05, 4.69) is 28.1 Å². The third kappa shape index (κ3) is 2.20. The van der Waals surface area contributed by atoms with Crippen LogP contribution in [0.25, 0.3) is 0 Å². The Morgan fingerprint density at radius 3 is 2.26 bits per heavy atom. The Hall–Kier alpha value is -1.22. The van der Waals surface area contributed by atoms with Crippen molar-refractivity contribution in [1.82, 2.24) is 0 Å². The molecule has 1 fully saturated rings. The molecule has 0 amide bonds. The summed E-state index contributed by atoms with van der Waals surface area (Å²) in [7, 11) is 0. The number of rotatable bonds is 3. The summed E-state index contributed by atoms with van der Waals surface area (Å²) in [6, 6.07) is 13.9. The first kappa shape index (κ1) is 12.8. The van der Waals surface area contributed by atoms with E-state index in [0.717, 1.165) is 18.9 Å². The van der Waals surface area contributed by atoms with Crippen molar-refractivity contribution in [2.24, 2.45) is 0 Å². The Balaban J connectivity index is 1.98. The molecule has 3 heteroatoms. The highest BCUT2D eigenvalue weighted by atomic mass is 79.9. The van der Waals surface area contributed by atoms with Gasteiger partial charge in [0.05, 0.1) is 4.83 Å². The van der Waals surface area contributed by atoms with Crippen LogP contribution in [-0.4, -0.2) is 0 Å². The molecule has 98 valence electrons. The van der Waals surface area contributed by atoms with Gasteiger partial charge in [-0.15, -0.1) is 0 Å². The standard InChI is InChI=1S/C16H13BrF2/c17-15(13-7-6-12(18)10-14(13)19)16(8-9-16)11-4-2-1-3-5-11/h1-7,10,15H,8-9H2. The van der Waals surface area contributed by atoms with E-state index >= 15 is 0 Å². The van der Waals surface area contributed by atoms with Gasteiger partial charge < -0.3 is 0 Å². The summed E-state index contributed by atoms with van der Waals surface area (Å²) < 4.78 is 26.9. The molecule has 0 bridgehead atoms. The van der Waals surface area contributed by atoms with Crippen molar-refractivity contribution in [2.45, 2.75) is 23.1 Å². The summed E-state index contributed by atoms with van der Waals surface area (Å²) in [6.45, 7) is 0. The van der Waals surface area contributed by atoms with Gasteiger partial charge in [-0.05, 0) is 24.5 Å². The SMILES string of the molecule is Fc1ccc(C(Br)C2(c3ccccc3)CC2)c(F)c1. The number of hydrogen-bond donors (Lipinski definition) is 0. The Kier molecular flexibility index (Phi) is 3.17. The lowest BCUT2D eigenvalue weighted by molar-refractivity contribution is 0.557. The van der Waals surface area contributed by atoms with Gasteiger partial charge in [0.15, 0.2) is 0 Å². The molecule has 1 unspecified atom stereocenters. The molecule has 2 aromatic rings. The first-order chi connectivity index (χ1) is 9.13. The highest BCUT2D eigenvalue weighted by molar-refractivity contribution is 9.09. The zero-order valence-electron chi connectivity index (χ0n) is 10.2. The Morgan fingerprint density at radius 1 is 1.00 bits per heavy atom. The van der Waals surface area contributed by atoms with Crippen LogP contribution in [0.4, 0.5) is 8.78 Å². The quantitative estimate of drug-likeness (QED) is 0.687. The molecular formula is C16H13BrF2. The molecule has 0 aromatic heterocycles. The van der Waals surface area contributed by atoms with Crippen LogP contribution >= 0.6 is 15.9 Å². The molecule has 3 rings (SSSR count). The molecular weight excluding hydrogens is 310 g/mol. The van der Waals surface area contributed by atoms with Gasteiger partial charge in [0, 0.05) is 17.0 Å². The number of hydrogen-bond acceptors (Lipinski definition) is 0. The molecule has 0 nitrogen and oxygen atoms in total. The van der Waals surface area contributed by atoms with E-state index in [1.54, 1.807) is 0 Å². The van der Waals surface area contributed by atoms with Crippen molar-refractivity contribution in [2.75, 3.05) is 0 Å². The van der Waals surface area contributed by atoms with Crippen LogP contribution in [-0.2, 0) is 5.41 Å². The van der Waals surface area contributed by atoms with Gasteiger partial charge >= 0.3 is 0 Å². The fourth-order valence-corrected chi connectivity index (χ4v) is 3.69. The van der Waals surface area contributed by atoms with E-state index in [-0.39, 0.29) is 10.2 Å². The predicted octanol–water partition coefficient (Wildman–Crippen LogP) is 5.13. The highest BCUT2D eigenvalue weighted by Gasteiger charge is 2.50. The molecule has 0 saturated heterocycles. The molecule has 1 atom stereocenters. The predicted molar refractivity (Wildman–Crippen MR) is 75.4 cm³/mol. The number of benzene rings is 2. The largest absolute Gasteiger partial charge is 0.207 e. The second kappa shape index (κ2) is 4.71. The van der Waals surface area contributed by atoms with Crippen molar-refractivity contribution < 1.29 is 8.78 Å². The van der Waals surface area contributed by atoms with Crippen molar-refractivity contribution in [3.63, 3.8) is 0 Å². The molecule has 0 spiro atoms. The van der Waals surface area contributed by atoms with Gasteiger partial charge in [0.1, 0.15) is 11.6 Å². The van der Waals surface area contributed by atoms with Crippen LogP contribution in [0.1, 0.15) is 28.8 Å². The van der Waals surface area contributed by atoms with E-state index < -0.39 is 11.6 Å². The zero-order chi connectivity index (χ0) is 13.5. The van der Waals surface area contributed by atoms with Crippen molar-refractivity contribution >= 4 is 15.9 Å². The average Bonchev–Trinajstić information content (AvgIpc) is 3.20. The minimum absolute atomic E-state index is 0.0556. The highest BCUT2D eigenvalue weighted by Crippen LogP contribution is 2.60. The maximum absolute atomic E-state index is 13.9. The van der Waals surface area contributed by atoms with Gasteiger partial charge in [-0.2, -0.15) is 0 Å². The molecule has 0 radical (unpaired) electrons. The lowest BCUT2D eigenvalue weighted by atomic mass is 9.88. The van der Waals surface area contributed by atoms with Gasteiger partial charge in [0.25, 0.3) is 0 Å². The van der Waals surface area contributed by atoms with Crippen LogP contribution < -0.4 is 0 Å². The summed E-state index contributed by atoms with van der Waals surface area (Å²) >= 11 is 3.62. The lowest BCUT2D eigenvalue weighted by Gasteiger charge is -2.23. The van der Waals surface area contributed by atoms with E-state index in [0.29, 0.717) is 5.56 Å². The first-order valence-electron chi connectivity index (χ1n) is 6.28. The smallest absolute Gasteiger partial charge is 0.130 e. The van der Waals surface area contributed by atoms with E-state index in [4.69, 9.17) is 0 Å². The normalized spacial score (nSPS) is 18.1. The summed E-state index contributed by atoms with van der Waals surface area (Å²) in [4.78, 5) is -0.122. The molecule has 0 heterocycles. The van der Waals surface area contributed by atoms with Gasteiger partial charge in [-0.25, -0.2) is 8.78 Å². The molecule has 2 aromatic carbocycles. The minimum Gasteiger partial charge on any atom is -0.207 e. The second-order valence-corrected chi connectivity index (χ2v) is 5.97. The van der Waals surface area contributed by atoms with Crippen LogP contribution in [0.2, 0.25) is 0 Å². The van der Waals surface area contributed by atoms with Crippen molar-refractivity contribution in [3.8, 4) is 0 Å². The first-order valence-corrected chi connectivity index (χ1v) is 7.20. The monoisotopic (exact) mass is 322 g/mol. The second-order valence-electron chi connectivity index (χ2n) is 5.05. The Labute approximate surface area is 119 Å². The number of halogens is 3. The van der Waals surface area contributed by atoms with E-state index in [1.165, 1.54) is 17.7 Å². The summed E-state index contributed by atoms with van der Waals surface area (Å²) in [5.41, 5.74) is 1.68. The van der Waals surface area contributed by atoms with Gasteiger partial charge in [0.2, 0.25) is 0 Å². The van der Waals surface area contributed by atoms with Crippen molar-refractivity contribution in [3.05, 3.63) is 71.3 Å². The van der Waals surface area contributed by atoms with E-state index in [1.807, 2.05) is 18.2 Å². The molecule has 1 aliphatic carbocycles. The average molecular weight is 323 g/mol. The van der Waals surface area contributed by atoms with Crippen molar-refractivity contribution in [1.29, 1.82) is 0 Å². The fourth-order valence-electron chi connectivity index (χ4n) is 2.60. The Bertz CT molecular complexity index is 591. The Morgan fingerprint density at radius 2 is 1.68 bits per heavy atom. The van der Waals surface area contributed by atoms with Gasteiger partial charge in [-0.3, -0.25) is 0 Å². The topological polar surface area (TPSA) is 0 Å². The van der Waals surface area contributed by atoms with Gasteiger partial charge in [-0.1, -0.05) is 52.3 Å². The van der Waals surface area contributed by atoms with Crippen LogP contribution in [0.3, 0.4) is 0 Å². The molecule has 1 saturated carbocycles. The van der Waals surface area contributed by atoms with E-state index in [9.17, 15) is 8.78 Å². The fraction of sp³-hybridized carbons (Fsp3) is 0.250. The summed E-state index contributed by atoms with van der Waals surface area (Å²) in [5, 5.41) is 0. The minimum atomic E-state index is -0.537. The maximum Gasteiger partial charge on any atom is 0.130 e. The van der Waals surface area contributed by atoms with Crippen LogP contribution in [0, 0.1) is 11.6 Å². The lowest BCUT2D eigenvalue weighted by Crippen LogP contribution is -2.15. The molecule has 0 N–H and O–H groups in total. The maximum atomic E-state index is 13.9. The molecule has 1 aliphatic rings. The third-order valence-corrected chi connectivity index (χ3v) is 5.23. The third-order valence-electron chi connectivity index (χ3n) is 3.86. The summed E-state index contributed by atoms with van der Waals surface area (Å²) in [6.07, 6.45) is 2.04. The molecule has 19 heavy (non-hydrogen) atoms.